The first kappa shape index (κ1) is 16.1. The number of benzene rings is 2. The normalized spacial score (nSPS) is 10.9. The van der Waals surface area contributed by atoms with Gasteiger partial charge in [0.25, 0.3) is 0 Å². The Kier molecular flexibility index (Phi) is 4.26. The highest BCUT2D eigenvalue weighted by atomic mass is 15.1. The summed E-state index contributed by atoms with van der Waals surface area (Å²) >= 11 is 0. The number of nitrogens with two attached hydrogens (primary N) is 1. The van der Waals surface area contributed by atoms with Crippen molar-refractivity contribution >= 4 is 22.5 Å². The first-order valence-electron chi connectivity index (χ1n) is 8.67. The molecular formula is C21H19N5. The molecule has 0 radical (unpaired) electrons. The zero-order valence-electron chi connectivity index (χ0n) is 14.3. The van der Waals surface area contributed by atoms with Crippen LogP contribution in [0, 0.1) is 11.3 Å². The summed E-state index contributed by atoms with van der Waals surface area (Å²) in [6, 6.07) is 22.3. The fraction of sp³-hybridized carbons (Fsp3) is 0.143. The van der Waals surface area contributed by atoms with Crippen LogP contribution in [0.15, 0.2) is 60.7 Å². The maximum atomic E-state index is 9.87. The van der Waals surface area contributed by atoms with Crippen molar-refractivity contribution < 1.29 is 0 Å². The third-order valence-corrected chi connectivity index (χ3v) is 4.46. The van der Waals surface area contributed by atoms with Gasteiger partial charge in [-0.15, -0.1) is 0 Å². The molecule has 4 aromatic rings. The summed E-state index contributed by atoms with van der Waals surface area (Å²) < 4.78 is 2.02. The topological polar surface area (TPSA) is 79.1 Å². The Hall–Kier alpha value is -3.36. The number of aromatic nitrogens is 2. The van der Waals surface area contributed by atoms with Crippen LogP contribution in [0.3, 0.4) is 0 Å². The predicted molar refractivity (Wildman–Crippen MR) is 105 cm³/mol. The molecule has 0 amide bonds. The molecule has 0 saturated carbocycles. The molecule has 2 heterocycles. The van der Waals surface area contributed by atoms with Gasteiger partial charge in [0.05, 0.1) is 11.0 Å². The molecule has 5 heteroatoms. The quantitative estimate of drug-likeness (QED) is 0.541. The van der Waals surface area contributed by atoms with Crippen molar-refractivity contribution in [3.05, 3.63) is 66.2 Å². The second-order valence-corrected chi connectivity index (χ2v) is 6.12. The highest BCUT2D eigenvalue weighted by molar-refractivity contribution is 5.89. The zero-order valence-corrected chi connectivity index (χ0v) is 14.3. The molecule has 0 fully saturated rings. The minimum atomic E-state index is 0.580. The molecular weight excluding hydrogens is 322 g/mol. The molecule has 0 aliphatic carbocycles. The van der Waals surface area contributed by atoms with E-state index in [9.17, 15) is 5.26 Å². The fourth-order valence-corrected chi connectivity index (χ4v) is 3.24. The van der Waals surface area contributed by atoms with Crippen molar-refractivity contribution in [2.24, 2.45) is 5.73 Å². The van der Waals surface area contributed by atoms with E-state index in [0.717, 1.165) is 40.9 Å². The number of rotatable bonds is 5. The van der Waals surface area contributed by atoms with Gasteiger partial charge in [0, 0.05) is 12.1 Å². The number of hydrogen-bond donors (Lipinski definition) is 2. The van der Waals surface area contributed by atoms with Crippen LogP contribution < -0.4 is 11.1 Å². The van der Waals surface area contributed by atoms with E-state index in [-0.39, 0.29) is 0 Å². The molecule has 5 nitrogen and oxygen atoms in total. The van der Waals surface area contributed by atoms with Crippen LogP contribution in [-0.4, -0.2) is 22.5 Å². The number of para-hydroxylation sites is 2. The van der Waals surface area contributed by atoms with Gasteiger partial charge >= 0.3 is 0 Å². The molecule has 4 rings (SSSR count). The maximum Gasteiger partial charge on any atom is 0.158 e. The van der Waals surface area contributed by atoms with Crippen molar-refractivity contribution in [2.45, 2.75) is 6.42 Å². The van der Waals surface area contributed by atoms with E-state index in [0.29, 0.717) is 17.8 Å². The monoisotopic (exact) mass is 341 g/mol. The molecule has 0 spiro atoms. The van der Waals surface area contributed by atoms with Crippen LogP contribution in [0.25, 0.3) is 27.8 Å². The largest absolute Gasteiger partial charge is 0.371 e. The van der Waals surface area contributed by atoms with Crippen molar-refractivity contribution in [2.75, 3.05) is 18.4 Å². The Balaban J connectivity index is 2.04. The summed E-state index contributed by atoms with van der Waals surface area (Å²) in [5.74, 6) is 0.917. The van der Waals surface area contributed by atoms with E-state index >= 15 is 0 Å². The molecule has 26 heavy (non-hydrogen) atoms. The lowest BCUT2D eigenvalue weighted by Crippen LogP contribution is -2.11. The summed E-state index contributed by atoms with van der Waals surface area (Å²) in [6.07, 6.45) is 0.870. The van der Waals surface area contributed by atoms with Crippen molar-refractivity contribution in [1.29, 1.82) is 5.26 Å². The number of imidazole rings is 1. The van der Waals surface area contributed by atoms with E-state index in [1.54, 1.807) is 0 Å². The highest BCUT2D eigenvalue weighted by Gasteiger charge is 2.17. The lowest BCUT2D eigenvalue weighted by atomic mass is 10.0. The number of fused-ring (bicyclic) bond motifs is 3. The second-order valence-electron chi connectivity index (χ2n) is 6.12. The average Bonchev–Trinajstić information content (AvgIpc) is 3.08. The van der Waals surface area contributed by atoms with Crippen LogP contribution >= 0.6 is 0 Å². The summed E-state index contributed by atoms with van der Waals surface area (Å²) in [4.78, 5) is 4.74. The Bertz CT molecular complexity index is 1110. The molecule has 2 aromatic heterocycles. The van der Waals surface area contributed by atoms with Crippen LogP contribution in [0.2, 0.25) is 0 Å². The van der Waals surface area contributed by atoms with Gasteiger partial charge in [-0.05, 0) is 36.7 Å². The van der Waals surface area contributed by atoms with Crippen molar-refractivity contribution in [1.82, 2.24) is 9.38 Å². The number of nitrogens with zero attached hydrogens (tertiary/aromatic N) is 3. The second kappa shape index (κ2) is 6.87. The van der Waals surface area contributed by atoms with E-state index in [4.69, 9.17) is 10.7 Å². The summed E-state index contributed by atoms with van der Waals surface area (Å²) in [5.41, 5.74) is 10.6. The standard InChI is InChI=1S/C21H19N5/c22-11-6-12-24-20-13-16(15-7-2-1-3-8-15)17(14-23)21-25-18-9-4-5-10-19(18)26(20)21/h1-5,7-10,13,24H,6,11-12,22H2. The maximum absolute atomic E-state index is 9.87. The smallest absolute Gasteiger partial charge is 0.158 e. The number of nitriles is 1. The van der Waals surface area contributed by atoms with Crippen molar-refractivity contribution in [3.63, 3.8) is 0 Å². The molecule has 0 aliphatic rings. The molecule has 0 atom stereocenters. The minimum Gasteiger partial charge on any atom is -0.371 e. The number of nitrogens with one attached hydrogen (secondary N) is 1. The number of hydrogen-bond acceptors (Lipinski definition) is 4. The van der Waals surface area contributed by atoms with E-state index in [1.165, 1.54) is 0 Å². The molecule has 0 bridgehead atoms. The first-order valence-corrected chi connectivity index (χ1v) is 8.67. The Labute approximate surface area is 151 Å². The molecule has 0 unspecified atom stereocenters. The molecule has 128 valence electrons. The molecule has 0 saturated heterocycles. The van der Waals surface area contributed by atoms with Gasteiger partial charge in [0.1, 0.15) is 17.5 Å². The summed E-state index contributed by atoms with van der Waals surface area (Å²) in [5, 5.41) is 13.3. The molecule has 2 aromatic carbocycles. The lowest BCUT2D eigenvalue weighted by Gasteiger charge is -2.14. The average molecular weight is 341 g/mol. The van der Waals surface area contributed by atoms with Crippen LogP contribution in [-0.2, 0) is 0 Å². The van der Waals surface area contributed by atoms with Crippen molar-refractivity contribution in [3.8, 4) is 17.2 Å². The van der Waals surface area contributed by atoms with Gasteiger partial charge in [0.2, 0.25) is 0 Å². The van der Waals surface area contributed by atoms with E-state index in [1.807, 2.05) is 65.1 Å². The van der Waals surface area contributed by atoms with Gasteiger partial charge in [-0.2, -0.15) is 5.26 Å². The van der Waals surface area contributed by atoms with Crippen LogP contribution in [0.4, 0.5) is 5.82 Å². The molecule has 0 aliphatic heterocycles. The lowest BCUT2D eigenvalue weighted by molar-refractivity contribution is 0.868. The number of pyridine rings is 1. The summed E-state index contributed by atoms with van der Waals surface area (Å²) in [6.45, 7) is 1.39. The van der Waals surface area contributed by atoms with Gasteiger partial charge in [-0.3, -0.25) is 4.40 Å². The Morgan fingerprint density at radius 3 is 2.62 bits per heavy atom. The van der Waals surface area contributed by atoms with Gasteiger partial charge in [0.15, 0.2) is 5.65 Å². The third-order valence-electron chi connectivity index (χ3n) is 4.46. The van der Waals surface area contributed by atoms with Crippen LogP contribution in [0.1, 0.15) is 12.0 Å². The Morgan fingerprint density at radius 1 is 1.08 bits per heavy atom. The fourth-order valence-electron chi connectivity index (χ4n) is 3.24. The minimum absolute atomic E-state index is 0.580. The highest BCUT2D eigenvalue weighted by Crippen LogP contribution is 2.32. The van der Waals surface area contributed by atoms with E-state index < -0.39 is 0 Å². The van der Waals surface area contributed by atoms with Gasteiger partial charge < -0.3 is 11.1 Å². The van der Waals surface area contributed by atoms with Crippen LogP contribution in [0.5, 0.6) is 0 Å². The first-order chi connectivity index (χ1) is 12.8. The zero-order chi connectivity index (χ0) is 17.9. The molecule has 3 N–H and O–H groups in total. The van der Waals surface area contributed by atoms with Gasteiger partial charge in [-0.25, -0.2) is 4.98 Å². The predicted octanol–water partition coefficient (Wildman–Crippen LogP) is 3.79. The Morgan fingerprint density at radius 2 is 1.85 bits per heavy atom. The number of anilines is 1. The van der Waals surface area contributed by atoms with Gasteiger partial charge in [-0.1, -0.05) is 42.5 Å². The summed E-state index contributed by atoms with van der Waals surface area (Å²) in [7, 11) is 0. The third kappa shape index (κ3) is 2.67. The van der Waals surface area contributed by atoms with E-state index in [2.05, 4.69) is 11.4 Å². The SMILES string of the molecule is N#Cc1c(-c2ccccc2)cc(NCCCN)n2c1nc1ccccc12.